The molecule has 1 fully saturated rings. The molecule has 0 radical (unpaired) electrons. The third-order valence-corrected chi connectivity index (χ3v) is 7.85. The number of benzene rings is 2. The standard InChI is InChI=1S/C26H26BrFN6OS/c27-19-7-1-17(2-8-19)6-12-22(35)33-13-15-34(16-14-33)24-23-25(32-26(29)31-24)36-21(30-23)11-5-18-3-9-20(28)10-4-18/h1-4,7-10H,5-6,11-16H2,(H2,29,31,32). The first-order valence-corrected chi connectivity index (χ1v) is 13.5. The van der Waals surface area contributed by atoms with Crippen LogP contribution in [0.3, 0.4) is 0 Å². The predicted octanol–water partition coefficient (Wildman–Crippen LogP) is 4.64. The van der Waals surface area contributed by atoms with Crippen LogP contribution in [0.4, 0.5) is 16.2 Å². The van der Waals surface area contributed by atoms with E-state index in [1.807, 2.05) is 29.2 Å². The van der Waals surface area contributed by atoms with Crippen LogP contribution >= 0.6 is 27.3 Å². The number of hydrogen-bond acceptors (Lipinski definition) is 7. The highest BCUT2D eigenvalue weighted by Crippen LogP contribution is 2.30. The number of aromatic nitrogens is 3. The molecule has 2 aromatic carbocycles. The lowest BCUT2D eigenvalue weighted by atomic mass is 10.1. The van der Waals surface area contributed by atoms with Gasteiger partial charge < -0.3 is 15.5 Å². The van der Waals surface area contributed by atoms with E-state index in [4.69, 9.17) is 10.7 Å². The molecule has 1 aliphatic heterocycles. The monoisotopic (exact) mass is 568 g/mol. The number of aryl methyl sites for hydroxylation is 3. The number of hydrogen-bond donors (Lipinski definition) is 1. The minimum Gasteiger partial charge on any atom is -0.368 e. The zero-order valence-corrected chi connectivity index (χ0v) is 22.1. The van der Waals surface area contributed by atoms with Crippen LogP contribution in [0.25, 0.3) is 10.3 Å². The zero-order chi connectivity index (χ0) is 25.1. The average Bonchev–Trinajstić information content (AvgIpc) is 3.30. The molecule has 3 heterocycles. The first kappa shape index (κ1) is 24.6. The highest BCUT2D eigenvalue weighted by Gasteiger charge is 2.25. The highest BCUT2D eigenvalue weighted by molar-refractivity contribution is 9.10. The Morgan fingerprint density at radius 3 is 2.31 bits per heavy atom. The van der Waals surface area contributed by atoms with Crippen molar-refractivity contribution in [1.82, 2.24) is 19.9 Å². The summed E-state index contributed by atoms with van der Waals surface area (Å²) < 4.78 is 14.2. The maximum absolute atomic E-state index is 13.2. The number of nitrogen functional groups attached to an aromatic ring is 1. The van der Waals surface area contributed by atoms with Gasteiger partial charge in [0.25, 0.3) is 0 Å². The molecular formula is C26H26BrFN6OS. The summed E-state index contributed by atoms with van der Waals surface area (Å²) in [6.07, 6.45) is 2.72. The van der Waals surface area contributed by atoms with Crippen LogP contribution < -0.4 is 10.6 Å². The van der Waals surface area contributed by atoms with Gasteiger partial charge in [-0.2, -0.15) is 4.98 Å². The lowest BCUT2D eigenvalue weighted by molar-refractivity contribution is -0.131. The number of anilines is 2. The number of nitrogens with zero attached hydrogens (tertiary/aromatic N) is 5. The maximum Gasteiger partial charge on any atom is 0.223 e. The van der Waals surface area contributed by atoms with E-state index >= 15 is 0 Å². The van der Waals surface area contributed by atoms with Crippen LogP contribution in [0, 0.1) is 5.82 Å². The summed E-state index contributed by atoms with van der Waals surface area (Å²) in [5, 5.41) is 0.942. The SMILES string of the molecule is Nc1nc(N2CCN(C(=O)CCc3ccc(Br)cc3)CC2)c2nc(CCc3ccc(F)cc3)sc2n1. The van der Waals surface area contributed by atoms with E-state index in [2.05, 4.69) is 30.8 Å². The lowest BCUT2D eigenvalue weighted by Gasteiger charge is -2.35. The molecule has 36 heavy (non-hydrogen) atoms. The highest BCUT2D eigenvalue weighted by atomic mass is 79.9. The number of piperazine rings is 1. The molecule has 0 atom stereocenters. The molecular weight excluding hydrogens is 543 g/mol. The minimum atomic E-state index is -0.236. The number of fused-ring (bicyclic) bond motifs is 1. The van der Waals surface area contributed by atoms with Crippen molar-refractivity contribution < 1.29 is 9.18 Å². The van der Waals surface area contributed by atoms with Gasteiger partial charge in [-0.3, -0.25) is 4.79 Å². The van der Waals surface area contributed by atoms with E-state index in [0.717, 1.165) is 56.0 Å². The Morgan fingerprint density at radius 1 is 0.917 bits per heavy atom. The fraction of sp³-hybridized carbons (Fsp3) is 0.308. The zero-order valence-electron chi connectivity index (χ0n) is 19.7. The van der Waals surface area contributed by atoms with Gasteiger partial charge in [-0.25, -0.2) is 14.4 Å². The molecule has 186 valence electrons. The van der Waals surface area contributed by atoms with Crippen molar-refractivity contribution in [2.24, 2.45) is 0 Å². The second-order valence-corrected chi connectivity index (χ2v) is 10.8. The maximum atomic E-state index is 13.2. The van der Waals surface area contributed by atoms with E-state index in [1.54, 1.807) is 12.1 Å². The van der Waals surface area contributed by atoms with Crippen molar-refractivity contribution in [1.29, 1.82) is 0 Å². The van der Waals surface area contributed by atoms with Crippen LogP contribution in [0.5, 0.6) is 0 Å². The van der Waals surface area contributed by atoms with E-state index in [-0.39, 0.29) is 17.7 Å². The number of halogens is 2. The number of carbonyl (C=O) groups is 1. The van der Waals surface area contributed by atoms with Crippen LogP contribution in [0.15, 0.2) is 53.0 Å². The number of carbonyl (C=O) groups excluding carboxylic acids is 1. The van der Waals surface area contributed by atoms with E-state index < -0.39 is 0 Å². The Hall–Kier alpha value is -3.11. The van der Waals surface area contributed by atoms with Crippen molar-refractivity contribution in [3.63, 3.8) is 0 Å². The van der Waals surface area contributed by atoms with Crippen LogP contribution in [0.1, 0.15) is 22.6 Å². The normalized spacial score (nSPS) is 13.9. The average molecular weight is 570 g/mol. The van der Waals surface area contributed by atoms with Gasteiger partial charge in [-0.15, -0.1) is 0 Å². The van der Waals surface area contributed by atoms with Gasteiger partial charge in [0.2, 0.25) is 11.9 Å². The fourth-order valence-corrected chi connectivity index (χ4v) is 5.53. The van der Waals surface area contributed by atoms with Crippen LogP contribution in [-0.4, -0.2) is 51.9 Å². The molecule has 10 heteroatoms. The van der Waals surface area contributed by atoms with Crippen molar-refractivity contribution in [3.8, 4) is 0 Å². The Bertz CT molecular complexity index is 1350. The van der Waals surface area contributed by atoms with Gasteiger partial charge in [0.1, 0.15) is 11.3 Å². The largest absolute Gasteiger partial charge is 0.368 e. The number of nitrogens with two attached hydrogens (primary N) is 1. The second kappa shape index (κ2) is 10.9. The van der Waals surface area contributed by atoms with Gasteiger partial charge in [-0.05, 0) is 48.2 Å². The summed E-state index contributed by atoms with van der Waals surface area (Å²) >= 11 is 4.95. The molecule has 0 spiro atoms. The summed E-state index contributed by atoms with van der Waals surface area (Å²) in [7, 11) is 0. The number of amides is 1. The molecule has 2 aromatic heterocycles. The molecule has 7 nitrogen and oxygen atoms in total. The van der Waals surface area contributed by atoms with Crippen molar-refractivity contribution >= 4 is 55.3 Å². The van der Waals surface area contributed by atoms with Gasteiger partial charge in [0, 0.05) is 43.5 Å². The molecule has 0 unspecified atom stereocenters. The summed E-state index contributed by atoms with van der Waals surface area (Å²) in [6.45, 7) is 2.59. The third-order valence-electron chi connectivity index (χ3n) is 6.32. The number of rotatable bonds is 7. The fourth-order valence-electron chi connectivity index (χ4n) is 4.33. The Kier molecular flexibility index (Phi) is 7.43. The Labute approximate surface area is 221 Å². The smallest absolute Gasteiger partial charge is 0.223 e. The Balaban J connectivity index is 1.22. The van der Waals surface area contributed by atoms with E-state index in [9.17, 15) is 9.18 Å². The van der Waals surface area contributed by atoms with Gasteiger partial charge in [0.15, 0.2) is 10.6 Å². The van der Waals surface area contributed by atoms with Gasteiger partial charge in [-0.1, -0.05) is 51.5 Å². The lowest BCUT2D eigenvalue weighted by Crippen LogP contribution is -2.49. The second-order valence-electron chi connectivity index (χ2n) is 8.79. The Morgan fingerprint density at radius 2 is 1.58 bits per heavy atom. The molecule has 0 bridgehead atoms. The third kappa shape index (κ3) is 5.82. The first-order chi connectivity index (χ1) is 17.4. The summed E-state index contributed by atoms with van der Waals surface area (Å²) in [6, 6.07) is 14.6. The number of thiazole rings is 1. The summed E-state index contributed by atoms with van der Waals surface area (Å²) in [5.41, 5.74) is 8.99. The first-order valence-electron chi connectivity index (χ1n) is 11.9. The molecule has 1 aliphatic rings. The van der Waals surface area contributed by atoms with Crippen molar-refractivity contribution in [2.45, 2.75) is 25.7 Å². The molecule has 4 aromatic rings. The molecule has 1 saturated heterocycles. The molecule has 0 saturated carbocycles. The minimum absolute atomic E-state index is 0.168. The van der Waals surface area contributed by atoms with Crippen LogP contribution in [-0.2, 0) is 24.1 Å². The topological polar surface area (TPSA) is 88.2 Å². The molecule has 2 N–H and O–H groups in total. The van der Waals surface area contributed by atoms with E-state index in [0.29, 0.717) is 32.6 Å². The van der Waals surface area contributed by atoms with Gasteiger partial charge >= 0.3 is 0 Å². The summed E-state index contributed by atoms with van der Waals surface area (Å²) in [4.78, 5) is 31.3. The summed E-state index contributed by atoms with van der Waals surface area (Å²) in [5.74, 6) is 0.880. The van der Waals surface area contributed by atoms with Gasteiger partial charge in [0.05, 0.1) is 5.01 Å². The molecule has 5 rings (SSSR count). The quantitative estimate of drug-likeness (QED) is 0.349. The van der Waals surface area contributed by atoms with Crippen LogP contribution in [0.2, 0.25) is 0 Å². The predicted molar refractivity (Wildman–Crippen MR) is 145 cm³/mol. The van der Waals surface area contributed by atoms with Crippen molar-refractivity contribution in [3.05, 3.63) is 75.0 Å². The van der Waals surface area contributed by atoms with Crippen molar-refractivity contribution in [2.75, 3.05) is 36.8 Å². The van der Waals surface area contributed by atoms with E-state index in [1.165, 1.54) is 23.5 Å². The molecule has 0 aliphatic carbocycles. The molecule has 1 amide bonds.